The minimum Gasteiger partial charge on any atom is -0.494 e. The first-order valence-corrected chi connectivity index (χ1v) is 16.8. The maximum atomic E-state index is 14.0. The van der Waals surface area contributed by atoms with Crippen LogP contribution in [0.25, 0.3) is 0 Å². The molecule has 3 aromatic carbocycles. The zero-order valence-corrected chi connectivity index (χ0v) is 27.8. The topological polar surface area (TPSA) is 126 Å². The lowest BCUT2D eigenvalue weighted by Crippen LogP contribution is -2.56. The number of carbonyl (C=O) groups is 4. The van der Waals surface area contributed by atoms with E-state index in [1.165, 1.54) is 7.11 Å². The molecule has 0 saturated carbocycles. The van der Waals surface area contributed by atoms with Crippen LogP contribution in [0, 0.1) is 12.8 Å². The number of hydrogen-bond donors (Lipinski definition) is 3. The van der Waals surface area contributed by atoms with Crippen LogP contribution in [0.4, 0.5) is 0 Å². The molecule has 3 N–H and O–H groups in total. The number of nitrogens with zero attached hydrogens (tertiary/aromatic N) is 1. The normalized spacial score (nSPS) is 21.5. The van der Waals surface area contributed by atoms with Gasteiger partial charge in [0.2, 0.25) is 17.7 Å². The SMILES string of the molecule is CO[C@@H](C(=O)N[C@H]1CC(=O)N2CCCC(CCOc3ccc(C)c(c3)CNC(=O)[C@H](CCc3ccccc3)NC1=O)C2)c1ccccc1. The van der Waals surface area contributed by atoms with E-state index in [2.05, 4.69) is 16.0 Å². The van der Waals surface area contributed by atoms with Gasteiger partial charge >= 0.3 is 0 Å². The largest absolute Gasteiger partial charge is 0.494 e. The van der Waals surface area contributed by atoms with E-state index in [0.29, 0.717) is 38.1 Å². The van der Waals surface area contributed by atoms with E-state index in [9.17, 15) is 19.2 Å². The summed E-state index contributed by atoms with van der Waals surface area (Å²) in [7, 11) is 1.42. The molecule has 4 bridgehead atoms. The van der Waals surface area contributed by atoms with Crippen LogP contribution >= 0.6 is 0 Å². The fourth-order valence-electron chi connectivity index (χ4n) is 6.38. The Labute approximate surface area is 282 Å². The fourth-order valence-corrected chi connectivity index (χ4v) is 6.38. The summed E-state index contributed by atoms with van der Waals surface area (Å²) >= 11 is 0. The van der Waals surface area contributed by atoms with Crippen molar-refractivity contribution in [3.8, 4) is 5.75 Å². The molecular formula is C38H46N4O6. The number of rotatable bonds is 7. The van der Waals surface area contributed by atoms with Gasteiger partial charge in [-0.1, -0.05) is 66.7 Å². The summed E-state index contributed by atoms with van der Waals surface area (Å²) in [5.74, 6) is -0.759. The van der Waals surface area contributed by atoms with E-state index >= 15 is 0 Å². The lowest BCUT2D eigenvalue weighted by Gasteiger charge is -2.34. The summed E-state index contributed by atoms with van der Waals surface area (Å²) in [5, 5.41) is 8.67. The second-order valence-electron chi connectivity index (χ2n) is 12.7. The maximum Gasteiger partial charge on any atom is 0.254 e. The zero-order chi connectivity index (χ0) is 33.9. The van der Waals surface area contributed by atoms with Crippen LogP contribution in [0.1, 0.15) is 60.5 Å². The smallest absolute Gasteiger partial charge is 0.254 e. The number of amides is 4. The summed E-state index contributed by atoms with van der Waals surface area (Å²) in [6.45, 7) is 3.86. The van der Waals surface area contributed by atoms with Gasteiger partial charge in [-0.05, 0) is 79.3 Å². The van der Waals surface area contributed by atoms with Gasteiger partial charge < -0.3 is 30.3 Å². The average Bonchev–Trinajstić information content (AvgIpc) is 3.10. The Bertz CT molecular complexity index is 1550. The average molecular weight is 655 g/mol. The molecule has 5 rings (SSSR count). The van der Waals surface area contributed by atoms with Gasteiger partial charge in [-0.15, -0.1) is 0 Å². The van der Waals surface area contributed by atoms with Crippen molar-refractivity contribution >= 4 is 23.6 Å². The van der Waals surface area contributed by atoms with Crippen LogP contribution in [0.15, 0.2) is 78.9 Å². The molecule has 0 aromatic heterocycles. The van der Waals surface area contributed by atoms with Crippen LogP contribution in [-0.2, 0) is 36.9 Å². The zero-order valence-electron chi connectivity index (χ0n) is 27.8. The van der Waals surface area contributed by atoms with E-state index in [0.717, 1.165) is 41.7 Å². The van der Waals surface area contributed by atoms with E-state index in [1.807, 2.05) is 61.5 Å². The maximum absolute atomic E-state index is 14.0. The summed E-state index contributed by atoms with van der Waals surface area (Å²) in [4.78, 5) is 56.8. The Morgan fingerprint density at radius 1 is 1.00 bits per heavy atom. The molecule has 4 atom stereocenters. The van der Waals surface area contributed by atoms with Crippen molar-refractivity contribution < 1.29 is 28.7 Å². The van der Waals surface area contributed by atoms with Gasteiger partial charge in [0.15, 0.2) is 6.10 Å². The number of nitrogens with one attached hydrogen (secondary N) is 3. The Morgan fingerprint density at radius 3 is 2.50 bits per heavy atom. The van der Waals surface area contributed by atoms with Crippen molar-refractivity contribution in [2.75, 3.05) is 26.8 Å². The highest BCUT2D eigenvalue weighted by molar-refractivity contribution is 5.95. The number of aryl methyl sites for hydroxylation is 2. The second-order valence-corrected chi connectivity index (χ2v) is 12.7. The number of benzene rings is 3. The number of carbonyl (C=O) groups excluding carboxylic acids is 4. The molecule has 2 aliphatic heterocycles. The van der Waals surface area contributed by atoms with Gasteiger partial charge in [-0.25, -0.2) is 0 Å². The minimum atomic E-state index is -1.22. The Kier molecular flexibility index (Phi) is 12.2. The van der Waals surface area contributed by atoms with E-state index in [-0.39, 0.29) is 30.7 Å². The monoisotopic (exact) mass is 654 g/mol. The molecule has 1 fully saturated rings. The first kappa shape index (κ1) is 34.6. The molecule has 10 heteroatoms. The van der Waals surface area contributed by atoms with Crippen molar-refractivity contribution in [2.45, 2.75) is 70.2 Å². The Balaban J connectivity index is 1.43. The van der Waals surface area contributed by atoms with Crippen molar-refractivity contribution in [1.29, 1.82) is 0 Å². The highest BCUT2D eigenvalue weighted by atomic mass is 16.5. The van der Waals surface area contributed by atoms with Crippen molar-refractivity contribution in [3.63, 3.8) is 0 Å². The molecule has 254 valence electrons. The van der Waals surface area contributed by atoms with Gasteiger partial charge in [-0.3, -0.25) is 19.2 Å². The molecule has 1 saturated heterocycles. The molecule has 4 amide bonds. The molecule has 0 aliphatic carbocycles. The van der Waals surface area contributed by atoms with E-state index in [1.54, 1.807) is 29.2 Å². The van der Waals surface area contributed by atoms with Crippen molar-refractivity contribution in [3.05, 3.63) is 101 Å². The van der Waals surface area contributed by atoms with Gasteiger partial charge in [-0.2, -0.15) is 0 Å². The van der Waals surface area contributed by atoms with Crippen LogP contribution in [-0.4, -0.2) is 67.4 Å². The first-order chi connectivity index (χ1) is 23.3. The standard InChI is InChI=1S/C38H46N4O6/c1-26-15-17-31-22-30(26)24-39-36(44)32(18-16-27-10-5-3-6-11-27)40-37(45)33(41-38(46)35(47-2)29-13-7-4-8-14-29)23-34(43)42-20-9-12-28(25-42)19-21-48-31/h3-8,10-11,13-15,17,22,28,32-33,35H,9,12,16,18-21,23-25H2,1-2H3,(H,39,44)(H,40,45)(H,41,46)/t28?,32-,33-,35+/m0/s1. The Morgan fingerprint density at radius 2 is 1.75 bits per heavy atom. The summed E-state index contributed by atoms with van der Waals surface area (Å²) in [6, 6.07) is 22.4. The van der Waals surface area contributed by atoms with Crippen LogP contribution in [0.5, 0.6) is 5.75 Å². The second kappa shape index (κ2) is 16.9. The van der Waals surface area contributed by atoms with Gasteiger partial charge in [0, 0.05) is 26.7 Å². The van der Waals surface area contributed by atoms with Crippen LogP contribution in [0.2, 0.25) is 0 Å². The lowest BCUT2D eigenvalue weighted by atomic mass is 9.94. The minimum absolute atomic E-state index is 0.232. The molecule has 48 heavy (non-hydrogen) atoms. The summed E-state index contributed by atoms with van der Waals surface area (Å²) < 4.78 is 11.6. The van der Waals surface area contributed by atoms with Crippen molar-refractivity contribution in [2.24, 2.45) is 5.92 Å². The third-order valence-corrected chi connectivity index (χ3v) is 9.23. The predicted octanol–water partition coefficient (Wildman–Crippen LogP) is 4.01. The number of fused-ring (bicyclic) bond motifs is 4. The molecule has 2 heterocycles. The van der Waals surface area contributed by atoms with E-state index < -0.39 is 30.0 Å². The molecule has 3 aromatic rings. The van der Waals surface area contributed by atoms with Crippen LogP contribution < -0.4 is 20.7 Å². The third-order valence-electron chi connectivity index (χ3n) is 9.23. The lowest BCUT2D eigenvalue weighted by molar-refractivity contribution is -0.140. The number of ether oxygens (including phenoxy) is 2. The highest BCUT2D eigenvalue weighted by Crippen LogP contribution is 2.23. The van der Waals surface area contributed by atoms with Gasteiger partial charge in [0.1, 0.15) is 17.8 Å². The highest BCUT2D eigenvalue weighted by Gasteiger charge is 2.33. The molecule has 0 radical (unpaired) electrons. The molecule has 0 spiro atoms. The van der Waals surface area contributed by atoms with E-state index in [4.69, 9.17) is 9.47 Å². The molecule has 10 nitrogen and oxygen atoms in total. The third kappa shape index (κ3) is 9.44. The Hall–Kier alpha value is -4.70. The quantitative estimate of drug-likeness (QED) is 0.354. The van der Waals surface area contributed by atoms with Gasteiger partial charge in [0.25, 0.3) is 5.91 Å². The van der Waals surface area contributed by atoms with Gasteiger partial charge in [0.05, 0.1) is 13.0 Å². The van der Waals surface area contributed by atoms with Crippen molar-refractivity contribution in [1.82, 2.24) is 20.9 Å². The molecular weight excluding hydrogens is 608 g/mol. The number of hydrogen-bond acceptors (Lipinski definition) is 6. The number of methoxy groups -OCH3 is 1. The fraction of sp³-hybridized carbons (Fsp3) is 0.421. The predicted molar refractivity (Wildman–Crippen MR) is 182 cm³/mol. The number of piperidine rings is 1. The molecule has 2 aliphatic rings. The first-order valence-electron chi connectivity index (χ1n) is 16.8. The van der Waals surface area contributed by atoms with Crippen LogP contribution in [0.3, 0.4) is 0 Å². The molecule has 1 unspecified atom stereocenters. The summed E-state index contributed by atoms with van der Waals surface area (Å²) in [5.41, 5.74) is 3.56. The summed E-state index contributed by atoms with van der Waals surface area (Å²) in [6.07, 6.45) is 2.22.